The number of hydrogen-bond donors (Lipinski definition) is 1. The third-order valence-corrected chi connectivity index (χ3v) is 1.93. The molecule has 0 aromatic carbocycles. The lowest BCUT2D eigenvalue weighted by Crippen LogP contribution is -2.50. The van der Waals surface area contributed by atoms with Crippen molar-refractivity contribution in [2.24, 2.45) is 5.92 Å². The minimum absolute atomic E-state index is 0.122. The maximum absolute atomic E-state index is 11.3. The summed E-state index contributed by atoms with van der Waals surface area (Å²) in [5, 5.41) is 6.16. The Morgan fingerprint density at radius 3 is 2.62 bits per heavy atom. The van der Waals surface area contributed by atoms with Gasteiger partial charge in [-0.3, -0.25) is 10.2 Å². The van der Waals surface area contributed by atoms with E-state index in [2.05, 4.69) is 10.7 Å². The van der Waals surface area contributed by atoms with Crippen molar-refractivity contribution < 1.29 is 4.79 Å². The summed E-state index contributed by atoms with van der Waals surface area (Å²) < 4.78 is 0. The van der Waals surface area contributed by atoms with Crippen molar-refractivity contribution in [3.8, 4) is 0 Å². The Balaban J connectivity index is 2.18. The molecule has 1 fully saturated rings. The number of piperazine rings is 1. The number of nitrogens with zero attached hydrogens (tertiary/aromatic N) is 2. The van der Waals surface area contributed by atoms with Crippen molar-refractivity contribution in [3.05, 3.63) is 0 Å². The first-order valence-corrected chi connectivity index (χ1v) is 4.86. The maximum Gasteiger partial charge on any atom is 0.234 e. The minimum atomic E-state index is 0.122. The van der Waals surface area contributed by atoms with Crippen LogP contribution in [0, 0.1) is 5.92 Å². The predicted octanol–water partition coefficient (Wildman–Crippen LogP) is -0.0163. The number of rotatable bonds is 3. The molecule has 0 aliphatic carbocycles. The van der Waals surface area contributed by atoms with Gasteiger partial charge in [0.15, 0.2) is 0 Å². The van der Waals surface area contributed by atoms with Gasteiger partial charge in [0.2, 0.25) is 5.91 Å². The molecule has 1 amide bonds. The molecule has 1 saturated heterocycles. The van der Waals surface area contributed by atoms with Gasteiger partial charge in [-0.1, -0.05) is 13.8 Å². The molecule has 0 bridgehead atoms. The number of hydrogen-bond acceptors (Lipinski definition) is 2. The van der Waals surface area contributed by atoms with Gasteiger partial charge in [-0.15, -0.1) is 0 Å². The second-order valence-electron chi connectivity index (χ2n) is 3.79. The van der Waals surface area contributed by atoms with E-state index in [9.17, 15) is 4.79 Å². The summed E-state index contributed by atoms with van der Waals surface area (Å²) in [6.07, 6.45) is 0.605. The number of hydrazine groups is 1. The lowest BCUT2D eigenvalue weighted by atomic mass is 10.1. The first kappa shape index (κ1) is 10.5. The molecule has 13 heavy (non-hydrogen) atoms. The van der Waals surface area contributed by atoms with Crippen LogP contribution in [0.4, 0.5) is 0 Å². The van der Waals surface area contributed by atoms with Gasteiger partial charge < -0.3 is 0 Å². The molecular formula is C9H18N3O. The summed E-state index contributed by atoms with van der Waals surface area (Å²) in [7, 11) is 0. The molecule has 0 unspecified atom stereocenters. The molecule has 0 atom stereocenters. The van der Waals surface area contributed by atoms with Crippen LogP contribution in [0.2, 0.25) is 0 Å². The molecule has 75 valence electrons. The Hall–Kier alpha value is -0.610. The lowest BCUT2D eigenvalue weighted by Gasteiger charge is -2.26. The Labute approximate surface area is 79.6 Å². The van der Waals surface area contributed by atoms with Gasteiger partial charge in [0, 0.05) is 32.6 Å². The molecule has 1 rings (SSSR count). The third kappa shape index (κ3) is 4.24. The number of carbonyl (C=O) groups excluding carboxylic acids is 1. The molecule has 0 saturated carbocycles. The highest BCUT2D eigenvalue weighted by Crippen LogP contribution is 1.99. The van der Waals surface area contributed by atoms with Gasteiger partial charge in [-0.2, -0.15) is 0 Å². The molecule has 4 heteroatoms. The molecule has 0 aromatic rings. The van der Waals surface area contributed by atoms with E-state index in [0.29, 0.717) is 12.3 Å². The average molecular weight is 184 g/mol. The lowest BCUT2D eigenvalue weighted by molar-refractivity contribution is -0.126. The summed E-state index contributed by atoms with van der Waals surface area (Å²) in [6, 6.07) is 0. The quantitative estimate of drug-likeness (QED) is 0.670. The second kappa shape index (κ2) is 5.19. The number of carbonyl (C=O) groups is 1. The van der Waals surface area contributed by atoms with Crippen LogP contribution < -0.4 is 10.7 Å². The first-order chi connectivity index (χ1) is 6.18. The smallest absolute Gasteiger partial charge is 0.234 e. The van der Waals surface area contributed by atoms with Crippen molar-refractivity contribution in [1.82, 2.24) is 15.8 Å². The zero-order valence-electron chi connectivity index (χ0n) is 8.42. The summed E-state index contributed by atoms with van der Waals surface area (Å²) in [6.45, 7) is 7.47. The monoisotopic (exact) mass is 184 g/mol. The van der Waals surface area contributed by atoms with Gasteiger partial charge in [-0.25, -0.2) is 10.3 Å². The van der Waals surface area contributed by atoms with Crippen LogP contribution in [0.1, 0.15) is 20.3 Å². The normalized spacial score (nSPS) is 19.0. The average Bonchev–Trinajstić information content (AvgIpc) is 2.04. The zero-order chi connectivity index (χ0) is 9.68. The van der Waals surface area contributed by atoms with Crippen LogP contribution in [0.5, 0.6) is 0 Å². The van der Waals surface area contributed by atoms with E-state index in [0.717, 1.165) is 26.2 Å². The van der Waals surface area contributed by atoms with Crippen LogP contribution in [-0.2, 0) is 4.79 Å². The van der Waals surface area contributed by atoms with Gasteiger partial charge in [0.1, 0.15) is 0 Å². The highest BCUT2D eigenvalue weighted by molar-refractivity contribution is 5.75. The van der Waals surface area contributed by atoms with Gasteiger partial charge in [-0.05, 0) is 5.92 Å². The van der Waals surface area contributed by atoms with E-state index >= 15 is 0 Å². The van der Waals surface area contributed by atoms with E-state index in [4.69, 9.17) is 0 Å². The molecule has 1 aliphatic rings. The fourth-order valence-corrected chi connectivity index (χ4v) is 1.31. The first-order valence-electron chi connectivity index (χ1n) is 4.86. The largest absolute Gasteiger partial charge is 0.289 e. The Morgan fingerprint density at radius 2 is 2.08 bits per heavy atom. The molecule has 1 heterocycles. The molecule has 1 N–H and O–H groups in total. The van der Waals surface area contributed by atoms with Crippen LogP contribution >= 0.6 is 0 Å². The summed E-state index contributed by atoms with van der Waals surface area (Å²) >= 11 is 0. The van der Waals surface area contributed by atoms with Crippen LogP contribution in [-0.4, -0.2) is 37.1 Å². The molecule has 4 nitrogen and oxygen atoms in total. The fourth-order valence-electron chi connectivity index (χ4n) is 1.31. The van der Waals surface area contributed by atoms with Crippen molar-refractivity contribution in [3.63, 3.8) is 0 Å². The standard InChI is InChI=1S/C9H18N3O/c1-8(2)7-9(13)11-12-5-3-10-4-6-12/h8H,3-7H2,1-2H3,(H,11,13). The Bertz CT molecular complexity index is 164. The highest BCUT2D eigenvalue weighted by Gasteiger charge is 2.13. The van der Waals surface area contributed by atoms with Crippen LogP contribution in [0.25, 0.3) is 0 Å². The fraction of sp³-hybridized carbons (Fsp3) is 0.889. The minimum Gasteiger partial charge on any atom is -0.289 e. The van der Waals surface area contributed by atoms with E-state index < -0.39 is 0 Å². The van der Waals surface area contributed by atoms with Gasteiger partial charge >= 0.3 is 0 Å². The van der Waals surface area contributed by atoms with E-state index in [1.807, 2.05) is 18.9 Å². The van der Waals surface area contributed by atoms with Crippen molar-refractivity contribution in [2.45, 2.75) is 20.3 Å². The molecule has 1 aliphatic heterocycles. The zero-order valence-corrected chi connectivity index (χ0v) is 8.42. The van der Waals surface area contributed by atoms with Crippen LogP contribution in [0.3, 0.4) is 0 Å². The summed E-state index contributed by atoms with van der Waals surface area (Å²) in [4.78, 5) is 11.3. The van der Waals surface area contributed by atoms with E-state index in [-0.39, 0.29) is 5.91 Å². The maximum atomic E-state index is 11.3. The Kier molecular flexibility index (Phi) is 4.18. The van der Waals surface area contributed by atoms with Crippen molar-refractivity contribution in [1.29, 1.82) is 0 Å². The van der Waals surface area contributed by atoms with Crippen molar-refractivity contribution >= 4 is 5.91 Å². The molecule has 1 radical (unpaired) electrons. The topological polar surface area (TPSA) is 46.4 Å². The van der Waals surface area contributed by atoms with Crippen molar-refractivity contribution in [2.75, 3.05) is 26.2 Å². The number of amides is 1. The SMILES string of the molecule is CC(C)CC(=O)NN1CC[N]CC1. The van der Waals surface area contributed by atoms with Crippen LogP contribution in [0.15, 0.2) is 0 Å². The van der Waals surface area contributed by atoms with Gasteiger partial charge in [0.05, 0.1) is 0 Å². The summed E-state index contributed by atoms with van der Waals surface area (Å²) in [5.41, 5.74) is 2.88. The highest BCUT2D eigenvalue weighted by atomic mass is 16.2. The Morgan fingerprint density at radius 1 is 1.46 bits per heavy atom. The number of nitrogens with one attached hydrogen (secondary N) is 1. The molecular weight excluding hydrogens is 166 g/mol. The second-order valence-corrected chi connectivity index (χ2v) is 3.79. The molecule has 0 aromatic heterocycles. The van der Waals surface area contributed by atoms with Gasteiger partial charge in [0.25, 0.3) is 0 Å². The summed E-state index contributed by atoms with van der Waals surface area (Å²) in [5.74, 6) is 0.548. The van der Waals surface area contributed by atoms with E-state index in [1.165, 1.54) is 0 Å². The predicted molar refractivity (Wildman–Crippen MR) is 51.0 cm³/mol. The third-order valence-electron chi connectivity index (χ3n) is 1.93. The van der Waals surface area contributed by atoms with E-state index in [1.54, 1.807) is 0 Å². The molecule has 0 spiro atoms.